The Hall–Kier alpha value is -2.95. The molecule has 1 N–H and O–H groups in total. The van der Waals surface area contributed by atoms with Crippen LogP contribution in [0.4, 0.5) is 5.69 Å². The Morgan fingerprint density at radius 1 is 1.23 bits per heavy atom. The lowest BCUT2D eigenvalue weighted by molar-refractivity contribution is -0.121. The van der Waals surface area contributed by atoms with Gasteiger partial charge in [-0.25, -0.2) is 5.43 Å². The van der Waals surface area contributed by atoms with Gasteiger partial charge in [0, 0.05) is 23.6 Å². The minimum absolute atomic E-state index is 0.0399. The van der Waals surface area contributed by atoms with Gasteiger partial charge in [0.15, 0.2) is 0 Å². The quantitative estimate of drug-likeness (QED) is 0.848. The van der Waals surface area contributed by atoms with E-state index in [1.807, 2.05) is 63.2 Å². The van der Waals surface area contributed by atoms with Crippen LogP contribution in [0.15, 0.2) is 52.6 Å². The maximum atomic E-state index is 11.5. The van der Waals surface area contributed by atoms with Crippen LogP contribution in [-0.2, 0) is 4.79 Å². The van der Waals surface area contributed by atoms with Crippen molar-refractivity contribution in [3.8, 4) is 5.75 Å². The third-order valence-corrected chi connectivity index (χ3v) is 4.56. The van der Waals surface area contributed by atoms with Crippen LogP contribution >= 0.6 is 0 Å². The summed E-state index contributed by atoms with van der Waals surface area (Å²) in [7, 11) is 1.65. The van der Waals surface area contributed by atoms with E-state index in [1.54, 1.807) is 7.11 Å². The molecule has 0 aromatic heterocycles. The smallest absolute Gasteiger partial charge is 0.240 e. The molecule has 0 saturated carbocycles. The average Bonchev–Trinajstić information content (AvgIpc) is 2.64. The lowest BCUT2D eigenvalue weighted by Gasteiger charge is -2.19. The van der Waals surface area contributed by atoms with Crippen LogP contribution < -0.4 is 10.2 Å². The molecule has 1 aliphatic rings. The van der Waals surface area contributed by atoms with Crippen LogP contribution in [0.25, 0.3) is 0 Å². The van der Waals surface area contributed by atoms with Crippen molar-refractivity contribution >= 4 is 23.0 Å². The molecule has 0 bridgehead atoms. The largest absolute Gasteiger partial charge is 0.497 e. The number of ether oxygens (including phenoxy) is 1. The molecule has 134 valence electrons. The minimum atomic E-state index is -0.0399. The van der Waals surface area contributed by atoms with Gasteiger partial charge in [0.2, 0.25) is 5.91 Å². The summed E-state index contributed by atoms with van der Waals surface area (Å²) in [6, 6.07) is 14.0. The summed E-state index contributed by atoms with van der Waals surface area (Å²) in [6.07, 6.45) is 0.455. The summed E-state index contributed by atoms with van der Waals surface area (Å²) in [5.41, 5.74) is 8.43. The van der Waals surface area contributed by atoms with Crippen molar-refractivity contribution < 1.29 is 9.53 Å². The predicted molar refractivity (Wildman–Crippen MR) is 105 cm³/mol. The van der Waals surface area contributed by atoms with Crippen molar-refractivity contribution in [3.05, 3.63) is 59.2 Å². The maximum absolute atomic E-state index is 11.5. The molecule has 1 amide bonds. The first-order chi connectivity index (χ1) is 12.5. The number of nitrogens with one attached hydrogen (secondary N) is 1. The molecule has 5 nitrogen and oxygen atoms in total. The summed E-state index contributed by atoms with van der Waals surface area (Å²) >= 11 is 0. The molecule has 0 radical (unpaired) electrons. The molecular formula is C21H23N3O2. The zero-order valence-corrected chi connectivity index (χ0v) is 15.5. The SMILES string of the molecule is COc1ccc(C(C)=Nc2cc(C3=NNC(=O)CC3C)ccc2C)cc1. The molecule has 1 aliphatic heterocycles. The average molecular weight is 349 g/mol. The van der Waals surface area contributed by atoms with Crippen molar-refractivity contribution in [1.29, 1.82) is 0 Å². The van der Waals surface area contributed by atoms with Crippen molar-refractivity contribution in [1.82, 2.24) is 5.43 Å². The maximum Gasteiger partial charge on any atom is 0.240 e. The number of aliphatic imine (C=N–C) groups is 1. The number of carbonyl (C=O) groups excluding carboxylic acids is 1. The molecule has 1 heterocycles. The van der Waals surface area contributed by atoms with E-state index in [0.29, 0.717) is 6.42 Å². The van der Waals surface area contributed by atoms with Gasteiger partial charge in [0.05, 0.1) is 18.5 Å². The van der Waals surface area contributed by atoms with Crippen LogP contribution in [-0.4, -0.2) is 24.4 Å². The van der Waals surface area contributed by atoms with Crippen LogP contribution in [0, 0.1) is 12.8 Å². The number of amides is 1. The molecule has 0 saturated heterocycles. The van der Waals surface area contributed by atoms with Gasteiger partial charge < -0.3 is 4.74 Å². The first kappa shape index (κ1) is 17.9. The number of benzene rings is 2. The van der Waals surface area contributed by atoms with Crippen molar-refractivity contribution in [3.63, 3.8) is 0 Å². The molecule has 2 aromatic carbocycles. The van der Waals surface area contributed by atoms with E-state index in [-0.39, 0.29) is 11.8 Å². The molecule has 3 rings (SSSR count). The number of aryl methyl sites for hydroxylation is 1. The highest BCUT2D eigenvalue weighted by Crippen LogP contribution is 2.25. The molecular weight excluding hydrogens is 326 g/mol. The van der Waals surface area contributed by atoms with Gasteiger partial charge in [-0.2, -0.15) is 5.10 Å². The van der Waals surface area contributed by atoms with Crippen LogP contribution in [0.3, 0.4) is 0 Å². The molecule has 2 aromatic rings. The number of carbonyl (C=O) groups is 1. The third-order valence-electron chi connectivity index (χ3n) is 4.56. The Labute approximate surface area is 153 Å². The fourth-order valence-electron chi connectivity index (χ4n) is 2.97. The molecule has 0 spiro atoms. The molecule has 1 unspecified atom stereocenters. The number of hydrazone groups is 1. The van der Waals surface area contributed by atoms with Crippen LogP contribution in [0.2, 0.25) is 0 Å². The van der Waals surface area contributed by atoms with Gasteiger partial charge in [0.1, 0.15) is 5.75 Å². The molecule has 1 atom stereocenters. The van der Waals surface area contributed by atoms with Crippen molar-refractivity contribution in [2.75, 3.05) is 7.11 Å². The summed E-state index contributed by atoms with van der Waals surface area (Å²) in [5, 5.41) is 4.24. The predicted octanol–water partition coefficient (Wildman–Crippen LogP) is 4.00. The lowest BCUT2D eigenvalue weighted by Crippen LogP contribution is -2.31. The molecule has 5 heteroatoms. The van der Waals surface area contributed by atoms with E-state index in [9.17, 15) is 4.79 Å². The van der Waals surface area contributed by atoms with E-state index in [4.69, 9.17) is 9.73 Å². The lowest BCUT2D eigenvalue weighted by atomic mass is 9.93. The van der Waals surface area contributed by atoms with Crippen LogP contribution in [0.1, 0.15) is 37.0 Å². The number of hydrogen-bond donors (Lipinski definition) is 1. The van der Waals surface area contributed by atoms with Gasteiger partial charge in [-0.15, -0.1) is 0 Å². The Morgan fingerprint density at radius 3 is 2.62 bits per heavy atom. The van der Waals surface area contributed by atoms with Gasteiger partial charge in [0.25, 0.3) is 0 Å². The normalized spacial score (nSPS) is 17.5. The monoisotopic (exact) mass is 349 g/mol. The summed E-state index contributed by atoms with van der Waals surface area (Å²) < 4.78 is 5.20. The zero-order chi connectivity index (χ0) is 18.7. The van der Waals surface area contributed by atoms with Gasteiger partial charge in [-0.1, -0.05) is 19.1 Å². The third kappa shape index (κ3) is 3.82. The number of rotatable bonds is 4. The second-order valence-corrected chi connectivity index (χ2v) is 6.56. The molecule has 0 aliphatic carbocycles. The Balaban J connectivity index is 1.93. The van der Waals surface area contributed by atoms with E-state index >= 15 is 0 Å². The Morgan fingerprint density at radius 2 is 1.96 bits per heavy atom. The van der Waals surface area contributed by atoms with E-state index in [0.717, 1.165) is 39.6 Å². The van der Waals surface area contributed by atoms with E-state index in [1.165, 1.54) is 0 Å². The van der Waals surface area contributed by atoms with E-state index in [2.05, 4.69) is 10.5 Å². The van der Waals surface area contributed by atoms with Crippen molar-refractivity contribution in [2.45, 2.75) is 27.2 Å². The van der Waals surface area contributed by atoms with Crippen LogP contribution in [0.5, 0.6) is 5.75 Å². The summed E-state index contributed by atoms with van der Waals surface area (Å²) in [4.78, 5) is 16.3. The highest BCUT2D eigenvalue weighted by atomic mass is 16.5. The fraction of sp³-hybridized carbons (Fsp3) is 0.286. The zero-order valence-electron chi connectivity index (χ0n) is 15.5. The van der Waals surface area contributed by atoms with Gasteiger partial charge in [-0.3, -0.25) is 9.79 Å². The highest BCUT2D eigenvalue weighted by molar-refractivity contribution is 6.06. The summed E-state index contributed by atoms with van der Waals surface area (Å²) in [5.74, 6) is 0.874. The topological polar surface area (TPSA) is 63.1 Å². The first-order valence-electron chi connectivity index (χ1n) is 8.65. The Bertz CT molecular complexity index is 883. The molecule has 26 heavy (non-hydrogen) atoms. The van der Waals surface area contributed by atoms with E-state index < -0.39 is 0 Å². The summed E-state index contributed by atoms with van der Waals surface area (Å²) in [6.45, 7) is 6.05. The molecule has 0 fully saturated rings. The number of hydrogen-bond acceptors (Lipinski definition) is 4. The first-order valence-corrected chi connectivity index (χ1v) is 8.65. The van der Waals surface area contributed by atoms with Gasteiger partial charge >= 0.3 is 0 Å². The second-order valence-electron chi connectivity index (χ2n) is 6.56. The van der Waals surface area contributed by atoms with Crippen molar-refractivity contribution in [2.24, 2.45) is 16.0 Å². The minimum Gasteiger partial charge on any atom is -0.497 e. The van der Waals surface area contributed by atoms with Gasteiger partial charge in [-0.05, 0) is 55.3 Å². The Kier molecular flexibility index (Phi) is 5.16. The highest BCUT2D eigenvalue weighted by Gasteiger charge is 2.21. The standard InChI is InChI=1S/C21H23N3O2/c1-13-5-6-17(21-14(2)11-20(25)23-24-21)12-19(13)22-15(3)16-7-9-18(26-4)10-8-16/h5-10,12,14H,11H2,1-4H3,(H,23,25). The second kappa shape index (κ2) is 7.52. The fourth-order valence-corrected chi connectivity index (χ4v) is 2.97. The number of methoxy groups -OCH3 is 1. The number of nitrogens with zero attached hydrogens (tertiary/aromatic N) is 2.